The Labute approximate surface area is 161 Å². The second-order valence-electron chi connectivity index (χ2n) is 7.64. The van der Waals surface area contributed by atoms with Gasteiger partial charge in [-0.1, -0.05) is 6.58 Å². The van der Waals surface area contributed by atoms with E-state index in [0.717, 1.165) is 57.4 Å². The van der Waals surface area contributed by atoms with E-state index in [1.807, 2.05) is 0 Å². The van der Waals surface area contributed by atoms with Crippen molar-refractivity contribution in [3.05, 3.63) is 12.7 Å². The fourth-order valence-electron chi connectivity index (χ4n) is 4.40. The lowest BCUT2D eigenvalue weighted by atomic mass is 9.69. The van der Waals surface area contributed by atoms with Crippen molar-refractivity contribution in [2.24, 2.45) is 23.7 Å². The highest BCUT2D eigenvalue weighted by Gasteiger charge is 2.35. The molecule has 152 valence electrons. The van der Waals surface area contributed by atoms with E-state index < -0.39 is 5.97 Å². The Morgan fingerprint density at radius 2 is 1.30 bits per heavy atom. The molecule has 0 N–H and O–H groups in total. The molecule has 6 nitrogen and oxygen atoms in total. The van der Waals surface area contributed by atoms with Crippen LogP contribution in [0.2, 0.25) is 0 Å². The van der Waals surface area contributed by atoms with E-state index in [9.17, 15) is 14.4 Å². The summed E-state index contributed by atoms with van der Waals surface area (Å²) in [6, 6.07) is 0. The van der Waals surface area contributed by atoms with E-state index in [1.54, 1.807) is 0 Å². The molecule has 2 aliphatic carbocycles. The molecule has 0 saturated heterocycles. The summed E-state index contributed by atoms with van der Waals surface area (Å²) in [4.78, 5) is 34.7. The number of rotatable bonds is 8. The van der Waals surface area contributed by atoms with Gasteiger partial charge in [-0.15, -0.1) is 0 Å². The molecule has 2 rings (SSSR count). The molecule has 0 unspecified atom stereocenters. The molecule has 27 heavy (non-hydrogen) atoms. The lowest BCUT2D eigenvalue weighted by Gasteiger charge is -2.36. The highest BCUT2D eigenvalue weighted by molar-refractivity contribution is 5.81. The van der Waals surface area contributed by atoms with Crippen LogP contribution in [0.1, 0.15) is 57.8 Å². The van der Waals surface area contributed by atoms with Crippen molar-refractivity contribution in [3.63, 3.8) is 0 Å². The van der Waals surface area contributed by atoms with Gasteiger partial charge in [-0.3, -0.25) is 9.59 Å². The van der Waals surface area contributed by atoms with Gasteiger partial charge in [0.05, 0.1) is 32.2 Å². The normalized spacial score (nSPS) is 28.0. The first kappa shape index (κ1) is 21.5. The largest absolute Gasteiger partial charge is 0.469 e. The Hall–Kier alpha value is -1.85. The Kier molecular flexibility index (Phi) is 8.82. The van der Waals surface area contributed by atoms with Crippen molar-refractivity contribution in [1.29, 1.82) is 0 Å². The average Bonchev–Trinajstić information content (AvgIpc) is 2.72. The summed E-state index contributed by atoms with van der Waals surface area (Å²) in [6.45, 7) is 3.84. The van der Waals surface area contributed by atoms with E-state index in [-0.39, 0.29) is 37.0 Å². The van der Waals surface area contributed by atoms with Crippen molar-refractivity contribution < 1.29 is 28.6 Å². The third-order valence-corrected chi connectivity index (χ3v) is 6.02. The van der Waals surface area contributed by atoms with Gasteiger partial charge in [-0.2, -0.15) is 0 Å². The first-order valence-electron chi connectivity index (χ1n) is 10.1. The number of carbonyl (C=O) groups excluding carboxylic acids is 3. The Morgan fingerprint density at radius 3 is 1.78 bits per heavy atom. The number of methoxy groups -OCH3 is 1. The summed E-state index contributed by atoms with van der Waals surface area (Å²) in [5.41, 5.74) is 0. The molecule has 0 heterocycles. The van der Waals surface area contributed by atoms with Crippen LogP contribution < -0.4 is 0 Å². The van der Waals surface area contributed by atoms with Crippen LogP contribution in [0.5, 0.6) is 0 Å². The monoisotopic (exact) mass is 380 g/mol. The van der Waals surface area contributed by atoms with Crippen molar-refractivity contribution in [2.45, 2.75) is 57.8 Å². The molecular formula is C21H32O6. The van der Waals surface area contributed by atoms with Crippen molar-refractivity contribution in [3.8, 4) is 0 Å². The van der Waals surface area contributed by atoms with Gasteiger partial charge in [0, 0.05) is 12.5 Å². The minimum Gasteiger partial charge on any atom is -0.469 e. The Morgan fingerprint density at radius 1 is 0.815 bits per heavy atom. The third kappa shape index (κ3) is 6.67. The molecule has 0 radical (unpaired) electrons. The predicted molar refractivity (Wildman–Crippen MR) is 99.6 cm³/mol. The maximum Gasteiger partial charge on any atom is 0.330 e. The fraction of sp³-hybridized carbons (Fsp3) is 0.762. The van der Waals surface area contributed by atoms with Crippen LogP contribution in [0.4, 0.5) is 0 Å². The number of carbonyl (C=O) groups is 3. The van der Waals surface area contributed by atoms with Crippen LogP contribution in [-0.2, 0) is 28.6 Å². The molecule has 2 saturated carbocycles. The molecule has 6 heteroatoms. The lowest BCUT2D eigenvalue weighted by Crippen LogP contribution is -2.30. The second-order valence-corrected chi connectivity index (χ2v) is 7.64. The minimum absolute atomic E-state index is 0.0108. The first-order valence-corrected chi connectivity index (χ1v) is 10.1. The highest BCUT2D eigenvalue weighted by Crippen LogP contribution is 2.41. The molecule has 0 aliphatic heterocycles. The topological polar surface area (TPSA) is 78.9 Å². The van der Waals surface area contributed by atoms with Gasteiger partial charge >= 0.3 is 17.9 Å². The number of ether oxygens (including phenoxy) is 3. The summed E-state index contributed by atoms with van der Waals surface area (Å²) in [7, 11) is 1.46. The summed E-state index contributed by atoms with van der Waals surface area (Å²) in [6.07, 6.45) is 9.53. The lowest BCUT2D eigenvalue weighted by molar-refractivity contribution is -0.151. The van der Waals surface area contributed by atoms with Gasteiger partial charge in [-0.05, 0) is 63.2 Å². The molecule has 0 atom stereocenters. The van der Waals surface area contributed by atoms with Gasteiger partial charge in [0.15, 0.2) is 0 Å². The van der Waals surface area contributed by atoms with Crippen LogP contribution in [0.15, 0.2) is 12.7 Å². The van der Waals surface area contributed by atoms with Gasteiger partial charge in [-0.25, -0.2) is 4.79 Å². The van der Waals surface area contributed by atoms with Crippen LogP contribution in [0.3, 0.4) is 0 Å². The van der Waals surface area contributed by atoms with E-state index in [0.29, 0.717) is 18.3 Å². The molecule has 2 fully saturated rings. The van der Waals surface area contributed by atoms with Gasteiger partial charge in [0.25, 0.3) is 0 Å². The van der Waals surface area contributed by atoms with Crippen molar-refractivity contribution >= 4 is 17.9 Å². The zero-order chi connectivity index (χ0) is 19.6. The summed E-state index contributed by atoms with van der Waals surface area (Å²) >= 11 is 0. The van der Waals surface area contributed by atoms with E-state index >= 15 is 0 Å². The predicted octanol–water partition coefficient (Wildman–Crippen LogP) is 3.43. The Bertz CT molecular complexity index is 513. The summed E-state index contributed by atoms with van der Waals surface area (Å²) in [5, 5.41) is 0. The van der Waals surface area contributed by atoms with Crippen LogP contribution in [0, 0.1) is 23.7 Å². The summed E-state index contributed by atoms with van der Waals surface area (Å²) in [5.74, 6) is 0.734. The minimum atomic E-state index is -0.458. The zero-order valence-electron chi connectivity index (χ0n) is 16.3. The average molecular weight is 380 g/mol. The maximum atomic E-state index is 12.2. The first-order chi connectivity index (χ1) is 13.0. The standard InChI is InChI=1S/C21H32O6/c1-3-19(22)26-13-4-14-27-21(24)18-11-7-16(8-12-18)15-5-9-17(10-6-15)20(23)25-2/h3,15-18H,1,4-14H2,2H3. The zero-order valence-corrected chi connectivity index (χ0v) is 16.3. The van der Waals surface area contributed by atoms with Gasteiger partial charge in [0.2, 0.25) is 0 Å². The number of hydrogen-bond acceptors (Lipinski definition) is 6. The quantitative estimate of drug-likeness (QED) is 0.278. The second kappa shape index (κ2) is 11.1. The highest BCUT2D eigenvalue weighted by atomic mass is 16.5. The smallest absolute Gasteiger partial charge is 0.330 e. The fourth-order valence-corrected chi connectivity index (χ4v) is 4.40. The van der Waals surface area contributed by atoms with E-state index in [4.69, 9.17) is 14.2 Å². The molecule has 0 aromatic carbocycles. The summed E-state index contributed by atoms with van der Waals surface area (Å²) < 4.78 is 15.0. The maximum absolute atomic E-state index is 12.2. The van der Waals surface area contributed by atoms with Crippen LogP contribution in [-0.4, -0.2) is 38.2 Å². The Balaban J connectivity index is 1.61. The van der Waals surface area contributed by atoms with Crippen LogP contribution >= 0.6 is 0 Å². The van der Waals surface area contributed by atoms with Crippen molar-refractivity contribution in [2.75, 3.05) is 20.3 Å². The third-order valence-electron chi connectivity index (χ3n) is 6.02. The number of esters is 3. The van der Waals surface area contributed by atoms with E-state index in [1.165, 1.54) is 7.11 Å². The molecule has 0 aromatic rings. The van der Waals surface area contributed by atoms with E-state index in [2.05, 4.69) is 6.58 Å². The SMILES string of the molecule is C=CC(=O)OCCCOC(=O)C1CCC(C2CCC(C(=O)OC)CC2)CC1. The van der Waals surface area contributed by atoms with Crippen LogP contribution in [0.25, 0.3) is 0 Å². The number of hydrogen-bond donors (Lipinski definition) is 0. The van der Waals surface area contributed by atoms with Gasteiger partial charge in [0.1, 0.15) is 0 Å². The van der Waals surface area contributed by atoms with Crippen molar-refractivity contribution in [1.82, 2.24) is 0 Å². The molecule has 0 amide bonds. The molecular weight excluding hydrogens is 348 g/mol. The molecule has 2 aliphatic rings. The molecule has 0 spiro atoms. The van der Waals surface area contributed by atoms with Gasteiger partial charge < -0.3 is 14.2 Å². The molecule has 0 aromatic heterocycles. The molecule has 0 bridgehead atoms.